The minimum Gasteiger partial charge on any atom is -0.463 e. The van der Waals surface area contributed by atoms with Gasteiger partial charge in [0.15, 0.2) is 17.1 Å². The molecule has 1 N–H and O–H groups in total. The van der Waals surface area contributed by atoms with Gasteiger partial charge in [-0.05, 0) is 54.4 Å². The smallest absolute Gasteiger partial charge is 0.433 e. The second-order valence-corrected chi connectivity index (χ2v) is 11.0. The summed E-state index contributed by atoms with van der Waals surface area (Å²) in [5.74, 6) is -0.116. The first kappa shape index (κ1) is 24.1. The van der Waals surface area contributed by atoms with Crippen molar-refractivity contribution in [3.8, 4) is 17.5 Å². The van der Waals surface area contributed by atoms with Gasteiger partial charge in [0.25, 0.3) is 5.91 Å². The van der Waals surface area contributed by atoms with E-state index in [1.54, 1.807) is 0 Å². The van der Waals surface area contributed by atoms with Gasteiger partial charge >= 0.3 is 6.18 Å². The van der Waals surface area contributed by atoms with Crippen LogP contribution in [0.1, 0.15) is 59.2 Å². The fourth-order valence-electron chi connectivity index (χ4n) is 4.58. The lowest BCUT2D eigenvalue weighted by molar-refractivity contribution is -0.142. The number of carbonyl (C=O) groups is 1. The highest BCUT2D eigenvalue weighted by Crippen LogP contribution is 2.44. The van der Waals surface area contributed by atoms with Crippen LogP contribution in [0.4, 0.5) is 18.2 Å². The molecule has 4 aromatic rings. The van der Waals surface area contributed by atoms with Crippen molar-refractivity contribution in [2.24, 2.45) is 11.3 Å². The molecule has 4 aromatic heterocycles. The van der Waals surface area contributed by atoms with Gasteiger partial charge in [-0.25, -0.2) is 9.50 Å². The number of rotatable bonds is 3. The number of carbonyl (C=O) groups excluding carboxylic acids is 1. The van der Waals surface area contributed by atoms with E-state index in [1.165, 1.54) is 29.7 Å². The average Bonchev–Trinajstić information content (AvgIpc) is 3.54. The van der Waals surface area contributed by atoms with Crippen molar-refractivity contribution in [3.05, 3.63) is 57.9 Å². The number of halogens is 3. The molecule has 0 fully saturated rings. The maximum absolute atomic E-state index is 13.8. The Morgan fingerprint density at radius 3 is 2.75 bits per heavy atom. The largest absolute Gasteiger partial charge is 0.463 e. The van der Waals surface area contributed by atoms with E-state index in [0.717, 1.165) is 42.0 Å². The third-order valence-electron chi connectivity index (χ3n) is 6.61. The lowest BCUT2D eigenvalue weighted by atomic mass is 9.72. The Hall–Kier alpha value is -3.65. The van der Waals surface area contributed by atoms with Crippen LogP contribution in [-0.2, 0) is 19.0 Å². The zero-order valence-corrected chi connectivity index (χ0v) is 20.5. The normalized spacial score (nSPS) is 16.1. The molecule has 0 aliphatic heterocycles. The second-order valence-electron chi connectivity index (χ2n) is 9.87. The molecular weight excluding hydrogens is 491 g/mol. The average molecular weight is 514 g/mol. The Bertz CT molecular complexity index is 1500. The van der Waals surface area contributed by atoms with Crippen molar-refractivity contribution in [1.29, 1.82) is 5.26 Å². The first-order valence-electron chi connectivity index (χ1n) is 11.3. The molecular formula is C25H22F3N5O2S. The lowest BCUT2D eigenvalue weighted by Gasteiger charge is -2.33. The molecule has 0 saturated heterocycles. The van der Waals surface area contributed by atoms with Crippen LogP contribution < -0.4 is 5.32 Å². The highest BCUT2D eigenvalue weighted by atomic mass is 32.1. The molecule has 1 amide bonds. The fourth-order valence-corrected chi connectivity index (χ4v) is 5.85. The Balaban J connectivity index is 1.53. The molecule has 1 aliphatic carbocycles. The zero-order chi connectivity index (χ0) is 25.8. The maximum atomic E-state index is 13.8. The van der Waals surface area contributed by atoms with E-state index in [9.17, 15) is 23.2 Å². The van der Waals surface area contributed by atoms with Crippen LogP contribution >= 0.6 is 11.3 Å². The summed E-state index contributed by atoms with van der Waals surface area (Å²) in [7, 11) is 0. The number of anilines is 1. The standard InChI is InChI=1S/C25H22F3N5O2S/c1-24(2,3)13-6-7-14-15(11-29)23(36-19(14)9-13)32-22(34)16-12-30-33-20(25(26,27)28)10-17(31-21(16)33)18-5-4-8-35-18/h4-5,8,10,12-13H,6-7,9H2,1-3H3,(H,32,34). The van der Waals surface area contributed by atoms with Crippen LogP contribution in [0, 0.1) is 22.7 Å². The molecule has 0 radical (unpaired) electrons. The molecule has 0 bridgehead atoms. The maximum Gasteiger partial charge on any atom is 0.433 e. The third-order valence-corrected chi connectivity index (χ3v) is 7.78. The van der Waals surface area contributed by atoms with Gasteiger partial charge in [-0.3, -0.25) is 4.79 Å². The van der Waals surface area contributed by atoms with E-state index in [1.807, 2.05) is 0 Å². The Kier molecular flexibility index (Phi) is 5.67. The van der Waals surface area contributed by atoms with Gasteiger partial charge in [0.05, 0.1) is 18.0 Å². The minimum absolute atomic E-state index is 0.0769. The molecule has 0 spiro atoms. The first-order chi connectivity index (χ1) is 17.0. The fraction of sp³-hybridized carbons (Fsp3) is 0.360. The first-order valence-corrected chi connectivity index (χ1v) is 12.1. The highest BCUT2D eigenvalue weighted by Gasteiger charge is 2.37. The predicted molar refractivity (Wildman–Crippen MR) is 128 cm³/mol. The molecule has 186 valence electrons. The molecule has 11 heteroatoms. The number of alkyl halides is 3. The SMILES string of the molecule is CC(C)(C)C1CCc2c(sc(NC(=O)c3cnn4c(C(F)(F)F)cc(-c5ccco5)nc34)c2C#N)C1. The topological polar surface area (TPSA) is 96.2 Å². The molecule has 7 nitrogen and oxygen atoms in total. The van der Waals surface area contributed by atoms with E-state index < -0.39 is 17.8 Å². The number of nitrogens with one attached hydrogen (secondary N) is 1. The van der Waals surface area contributed by atoms with Gasteiger partial charge in [0, 0.05) is 4.88 Å². The van der Waals surface area contributed by atoms with Crippen molar-refractivity contribution in [1.82, 2.24) is 14.6 Å². The molecule has 1 atom stereocenters. The van der Waals surface area contributed by atoms with Crippen LogP contribution in [0.5, 0.6) is 0 Å². The number of amides is 1. The third kappa shape index (κ3) is 4.15. The summed E-state index contributed by atoms with van der Waals surface area (Å²) < 4.78 is 47.2. The summed E-state index contributed by atoms with van der Waals surface area (Å²) in [5.41, 5.74) is -0.105. The number of nitrogens with zero attached hydrogens (tertiary/aromatic N) is 4. The van der Waals surface area contributed by atoms with E-state index >= 15 is 0 Å². The Morgan fingerprint density at radius 2 is 2.11 bits per heavy atom. The number of hydrogen-bond donors (Lipinski definition) is 1. The van der Waals surface area contributed by atoms with Crippen LogP contribution in [0.15, 0.2) is 35.1 Å². The summed E-state index contributed by atoms with van der Waals surface area (Å²) >= 11 is 1.35. The molecule has 0 aromatic carbocycles. The summed E-state index contributed by atoms with van der Waals surface area (Å²) in [4.78, 5) is 18.5. The van der Waals surface area contributed by atoms with Crippen LogP contribution in [0.2, 0.25) is 0 Å². The van der Waals surface area contributed by atoms with Gasteiger partial charge < -0.3 is 9.73 Å². The molecule has 5 rings (SSSR count). The summed E-state index contributed by atoms with van der Waals surface area (Å²) in [6.07, 6.45) is 0.133. The van der Waals surface area contributed by atoms with Crippen molar-refractivity contribution in [3.63, 3.8) is 0 Å². The number of fused-ring (bicyclic) bond motifs is 2. The predicted octanol–water partition coefficient (Wildman–Crippen LogP) is 6.34. The van der Waals surface area contributed by atoms with Gasteiger partial charge in [-0.15, -0.1) is 11.3 Å². The van der Waals surface area contributed by atoms with E-state index in [2.05, 4.69) is 42.2 Å². The van der Waals surface area contributed by atoms with Crippen molar-refractivity contribution in [2.45, 2.75) is 46.2 Å². The molecule has 36 heavy (non-hydrogen) atoms. The zero-order valence-electron chi connectivity index (χ0n) is 19.7. The van der Waals surface area contributed by atoms with Crippen molar-refractivity contribution >= 4 is 27.9 Å². The number of furan rings is 1. The second kappa shape index (κ2) is 8.48. The van der Waals surface area contributed by atoms with Crippen LogP contribution in [0.3, 0.4) is 0 Å². The van der Waals surface area contributed by atoms with Crippen molar-refractivity contribution < 1.29 is 22.4 Å². The Labute approximate surface area is 208 Å². The summed E-state index contributed by atoms with van der Waals surface area (Å²) in [6, 6.07) is 6.04. The van der Waals surface area contributed by atoms with Gasteiger partial charge in [-0.1, -0.05) is 20.8 Å². The van der Waals surface area contributed by atoms with Crippen molar-refractivity contribution in [2.75, 3.05) is 5.32 Å². The van der Waals surface area contributed by atoms with Crippen LogP contribution in [0.25, 0.3) is 17.1 Å². The minimum atomic E-state index is -4.74. The van der Waals surface area contributed by atoms with Gasteiger partial charge in [0.1, 0.15) is 22.3 Å². The molecule has 4 heterocycles. The van der Waals surface area contributed by atoms with E-state index in [4.69, 9.17) is 4.42 Å². The quantitative estimate of drug-likeness (QED) is 0.345. The highest BCUT2D eigenvalue weighted by molar-refractivity contribution is 7.16. The number of aromatic nitrogens is 3. The number of nitriles is 1. The number of hydrogen-bond acceptors (Lipinski definition) is 6. The summed E-state index contributed by atoms with van der Waals surface area (Å²) in [6.45, 7) is 6.57. The van der Waals surface area contributed by atoms with Gasteiger partial charge in [0.2, 0.25) is 0 Å². The number of thiophene rings is 1. The lowest BCUT2D eigenvalue weighted by Crippen LogP contribution is -2.26. The monoisotopic (exact) mass is 513 g/mol. The van der Waals surface area contributed by atoms with E-state index in [0.29, 0.717) is 21.0 Å². The Morgan fingerprint density at radius 1 is 1.33 bits per heavy atom. The van der Waals surface area contributed by atoms with Gasteiger partial charge in [-0.2, -0.15) is 23.5 Å². The molecule has 1 aliphatic rings. The molecule has 0 saturated carbocycles. The summed E-state index contributed by atoms with van der Waals surface area (Å²) in [5, 5.41) is 16.7. The van der Waals surface area contributed by atoms with E-state index in [-0.39, 0.29) is 28.1 Å². The van der Waals surface area contributed by atoms with Crippen LogP contribution in [-0.4, -0.2) is 20.5 Å². The molecule has 1 unspecified atom stereocenters.